The highest BCUT2D eigenvalue weighted by Crippen LogP contribution is 2.41. The van der Waals surface area contributed by atoms with Gasteiger partial charge in [-0.1, -0.05) is 36.4 Å². The number of carbonyl (C=O) groups is 1. The molecule has 5 heteroatoms. The van der Waals surface area contributed by atoms with Crippen molar-refractivity contribution in [3.05, 3.63) is 59.7 Å². The van der Waals surface area contributed by atoms with E-state index in [2.05, 4.69) is 0 Å². The van der Waals surface area contributed by atoms with Crippen LogP contribution in [0.2, 0.25) is 0 Å². The van der Waals surface area contributed by atoms with Crippen molar-refractivity contribution in [1.82, 2.24) is 4.90 Å². The van der Waals surface area contributed by atoms with E-state index < -0.39 is 0 Å². The van der Waals surface area contributed by atoms with Gasteiger partial charge in [-0.15, -0.1) is 0 Å². The number of nitrogens with zero attached hydrogens (tertiary/aromatic N) is 1. The molecule has 0 N–H and O–H groups in total. The van der Waals surface area contributed by atoms with Crippen molar-refractivity contribution in [3.63, 3.8) is 0 Å². The van der Waals surface area contributed by atoms with E-state index >= 15 is 0 Å². The molecule has 0 aliphatic carbocycles. The van der Waals surface area contributed by atoms with Gasteiger partial charge in [0.2, 0.25) is 0 Å². The normalized spacial score (nSPS) is 16.8. The van der Waals surface area contributed by atoms with E-state index in [1.165, 1.54) is 0 Å². The Bertz CT molecular complexity index is 710. The Labute approximate surface area is 154 Å². The molecular formula is C21H25NO4. The highest BCUT2D eigenvalue weighted by molar-refractivity contribution is 5.69. The number of amides is 1. The standard InChI is InChI=1S/C21H25NO4/c1-24-18-12-8-13-19(25-2)20(18)17-11-6-7-14-22(17)21(23)26-15-16-9-4-3-5-10-16/h3-5,8-10,12-13,17H,6-7,11,14-15H2,1-2H3/t17-/m1/s1. The second-order valence-corrected chi connectivity index (χ2v) is 6.32. The first-order valence-electron chi connectivity index (χ1n) is 8.92. The number of piperidine rings is 1. The lowest BCUT2D eigenvalue weighted by Crippen LogP contribution is -2.39. The fraction of sp³-hybridized carbons (Fsp3) is 0.381. The second-order valence-electron chi connectivity index (χ2n) is 6.32. The molecule has 1 heterocycles. The van der Waals surface area contributed by atoms with Crippen molar-refractivity contribution >= 4 is 6.09 Å². The lowest BCUT2D eigenvalue weighted by Gasteiger charge is -2.36. The maximum Gasteiger partial charge on any atom is 0.410 e. The highest BCUT2D eigenvalue weighted by Gasteiger charge is 2.33. The first-order valence-corrected chi connectivity index (χ1v) is 8.92. The van der Waals surface area contributed by atoms with Crippen LogP contribution in [0.1, 0.15) is 36.4 Å². The van der Waals surface area contributed by atoms with Crippen LogP contribution in [0.3, 0.4) is 0 Å². The molecule has 1 fully saturated rings. The molecule has 1 saturated heterocycles. The van der Waals surface area contributed by atoms with Gasteiger partial charge in [-0.25, -0.2) is 4.79 Å². The molecule has 26 heavy (non-hydrogen) atoms. The van der Waals surface area contributed by atoms with E-state index in [0.29, 0.717) is 6.54 Å². The minimum absolute atomic E-state index is 0.113. The number of likely N-dealkylation sites (tertiary alicyclic amines) is 1. The molecule has 0 saturated carbocycles. The van der Waals surface area contributed by atoms with Gasteiger partial charge < -0.3 is 19.1 Å². The molecule has 2 aromatic carbocycles. The molecule has 5 nitrogen and oxygen atoms in total. The average Bonchev–Trinajstić information content (AvgIpc) is 2.72. The van der Waals surface area contributed by atoms with Crippen molar-refractivity contribution in [2.75, 3.05) is 20.8 Å². The number of ether oxygens (including phenoxy) is 3. The van der Waals surface area contributed by atoms with Crippen molar-refractivity contribution in [3.8, 4) is 11.5 Å². The summed E-state index contributed by atoms with van der Waals surface area (Å²) in [6, 6.07) is 15.3. The van der Waals surface area contributed by atoms with Crippen LogP contribution < -0.4 is 9.47 Å². The number of methoxy groups -OCH3 is 2. The van der Waals surface area contributed by atoms with E-state index in [1.54, 1.807) is 19.1 Å². The highest BCUT2D eigenvalue weighted by atomic mass is 16.6. The molecule has 3 rings (SSSR count). The van der Waals surface area contributed by atoms with E-state index in [4.69, 9.17) is 14.2 Å². The zero-order valence-corrected chi connectivity index (χ0v) is 15.3. The minimum Gasteiger partial charge on any atom is -0.496 e. The molecule has 138 valence electrons. The van der Waals surface area contributed by atoms with Crippen LogP contribution in [0.4, 0.5) is 4.79 Å². The summed E-state index contributed by atoms with van der Waals surface area (Å²) >= 11 is 0. The topological polar surface area (TPSA) is 48.0 Å². The summed E-state index contributed by atoms with van der Waals surface area (Å²) in [6.07, 6.45) is 2.58. The Morgan fingerprint density at radius 1 is 1.00 bits per heavy atom. The first-order chi connectivity index (χ1) is 12.7. The molecule has 1 amide bonds. The minimum atomic E-state index is -0.300. The average molecular weight is 355 g/mol. The van der Waals surface area contributed by atoms with Gasteiger partial charge in [0.15, 0.2) is 0 Å². The molecule has 1 aliphatic rings. The number of rotatable bonds is 5. The molecule has 1 aliphatic heterocycles. The van der Waals surface area contributed by atoms with Gasteiger partial charge in [-0.05, 0) is 37.0 Å². The number of benzene rings is 2. The summed E-state index contributed by atoms with van der Waals surface area (Å²) in [5.74, 6) is 1.47. The lowest BCUT2D eigenvalue weighted by atomic mass is 9.94. The monoisotopic (exact) mass is 355 g/mol. The molecular weight excluding hydrogens is 330 g/mol. The quantitative estimate of drug-likeness (QED) is 0.788. The van der Waals surface area contributed by atoms with Gasteiger partial charge in [0.05, 0.1) is 25.8 Å². The molecule has 1 atom stereocenters. The smallest absolute Gasteiger partial charge is 0.410 e. The molecule has 0 bridgehead atoms. The Hall–Kier alpha value is -2.69. The van der Waals surface area contributed by atoms with Gasteiger partial charge in [0, 0.05) is 6.54 Å². The first kappa shape index (κ1) is 18.1. The van der Waals surface area contributed by atoms with Crippen LogP contribution in [-0.4, -0.2) is 31.8 Å². The van der Waals surface area contributed by atoms with Gasteiger partial charge in [-0.3, -0.25) is 0 Å². The van der Waals surface area contributed by atoms with Crippen LogP contribution in [0.5, 0.6) is 11.5 Å². The largest absolute Gasteiger partial charge is 0.496 e. The summed E-state index contributed by atoms with van der Waals surface area (Å²) in [4.78, 5) is 14.6. The SMILES string of the molecule is COc1cccc(OC)c1[C@H]1CCCCN1C(=O)OCc1ccccc1. The zero-order valence-electron chi connectivity index (χ0n) is 15.3. The summed E-state index contributed by atoms with van der Waals surface area (Å²) in [5.41, 5.74) is 1.89. The van der Waals surface area contributed by atoms with Crippen LogP contribution in [0.25, 0.3) is 0 Å². The van der Waals surface area contributed by atoms with Crippen molar-refractivity contribution in [1.29, 1.82) is 0 Å². The zero-order chi connectivity index (χ0) is 18.4. The third-order valence-corrected chi connectivity index (χ3v) is 4.74. The molecule has 2 aromatic rings. The van der Waals surface area contributed by atoms with Crippen LogP contribution in [0, 0.1) is 0 Å². The number of hydrogen-bond acceptors (Lipinski definition) is 4. The third kappa shape index (κ3) is 3.93. The van der Waals surface area contributed by atoms with Gasteiger partial charge in [0.25, 0.3) is 0 Å². The summed E-state index contributed by atoms with van der Waals surface area (Å²) in [7, 11) is 3.28. The van der Waals surface area contributed by atoms with Gasteiger partial charge >= 0.3 is 6.09 Å². The van der Waals surface area contributed by atoms with Crippen LogP contribution >= 0.6 is 0 Å². The van der Waals surface area contributed by atoms with Gasteiger partial charge in [0.1, 0.15) is 18.1 Å². The predicted octanol–water partition coefficient (Wildman–Crippen LogP) is 4.57. The van der Waals surface area contributed by atoms with Crippen molar-refractivity contribution in [2.24, 2.45) is 0 Å². The Balaban J connectivity index is 1.81. The van der Waals surface area contributed by atoms with E-state index in [0.717, 1.165) is 41.9 Å². The number of carbonyl (C=O) groups excluding carboxylic acids is 1. The summed E-state index contributed by atoms with van der Waals surface area (Å²) < 4.78 is 16.7. The van der Waals surface area contributed by atoms with E-state index in [-0.39, 0.29) is 18.7 Å². The maximum absolute atomic E-state index is 12.8. The van der Waals surface area contributed by atoms with Crippen LogP contribution in [-0.2, 0) is 11.3 Å². The lowest BCUT2D eigenvalue weighted by molar-refractivity contribution is 0.0667. The number of hydrogen-bond donors (Lipinski definition) is 0. The van der Waals surface area contributed by atoms with Crippen molar-refractivity contribution in [2.45, 2.75) is 31.9 Å². The molecule has 0 spiro atoms. The summed E-state index contributed by atoms with van der Waals surface area (Å²) in [5, 5.41) is 0. The second kappa shape index (κ2) is 8.61. The van der Waals surface area contributed by atoms with E-state index in [1.807, 2.05) is 48.5 Å². The maximum atomic E-state index is 12.8. The molecule has 0 aromatic heterocycles. The van der Waals surface area contributed by atoms with Crippen molar-refractivity contribution < 1.29 is 19.0 Å². The summed E-state index contributed by atoms with van der Waals surface area (Å²) in [6.45, 7) is 0.936. The Kier molecular flexibility index (Phi) is 6.00. The fourth-order valence-corrected chi connectivity index (χ4v) is 3.46. The van der Waals surface area contributed by atoms with E-state index in [9.17, 15) is 4.79 Å². The van der Waals surface area contributed by atoms with Gasteiger partial charge in [-0.2, -0.15) is 0 Å². The Morgan fingerprint density at radius 3 is 2.35 bits per heavy atom. The third-order valence-electron chi connectivity index (χ3n) is 4.74. The Morgan fingerprint density at radius 2 is 1.69 bits per heavy atom. The fourth-order valence-electron chi connectivity index (χ4n) is 3.46. The molecule has 0 radical (unpaired) electrons. The molecule has 0 unspecified atom stereocenters. The predicted molar refractivity (Wildman–Crippen MR) is 99.5 cm³/mol. The van der Waals surface area contributed by atoms with Crippen LogP contribution in [0.15, 0.2) is 48.5 Å².